The molecule has 118 valence electrons. The third kappa shape index (κ3) is 1.87. The number of rotatable bonds is 3. The van der Waals surface area contributed by atoms with Gasteiger partial charge in [-0.15, -0.1) is 0 Å². The zero-order valence-electron chi connectivity index (χ0n) is 13.5. The van der Waals surface area contributed by atoms with E-state index in [0.29, 0.717) is 24.7 Å². The second-order valence-corrected chi connectivity index (χ2v) is 8.13. The van der Waals surface area contributed by atoms with E-state index in [2.05, 4.69) is 11.4 Å². The molecule has 4 rings (SSSR count). The summed E-state index contributed by atoms with van der Waals surface area (Å²) >= 11 is 0. The molecule has 0 bridgehead atoms. The van der Waals surface area contributed by atoms with Crippen LogP contribution in [0.25, 0.3) is 0 Å². The number of alkyl halides is 1. The number of benzene rings is 1. The summed E-state index contributed by atoms with van der Waals surface area (Å²) in [7, 11) is 0. The van der Waals surface area contributed by atoms with Gasteiger partial charge in [0, 0.05) is 6.04 Å². The molecular formula is C19H24FNO. The highest BCUT2D eigenvalue weighted by Crippen LogP contribution is 2.79. The summed E-state index contributed by atoms with van der Waals surface area (Å²) in [4.78, 5) is 12.8. The van der Waals surface area contributed by atoms with Gasteiger partial charge in [0.1, 0.15) is 6.17 Å². The van der Waals surface area contributed by atoms with Gasteiger partial charge in [0.05, 0.1) is 5.41 Å². The number of hydrogen-bond donors (Lipinski definition) is 1. The predicted molar refractivity (Wildman–Crippen MR) is 84.3 cm³/mol. The standard InChI is InChI=1S/C19H24FNO/c1-11-5-4-6-12(7-11)18(2,3)17(22)21-16-15-9-14(20)8-13-10-19(13,15)16/h4-7,13-16H,8-10H2,1-3H3,(H,21,22)/t13?,14-,15-,16+,19+/m1/s1. The molecule has 1 N–H and O–H groups in total. The Morgan fingerprint density at radius 3 is 2.86 bits per heavy atom. The van der Waals surface area contributed by atoms with Crippen LogP contribution in [0.1, 0.15) is 44.2 Å². The number of halogens is 1. The molecule has 1 amide bonds. The SMILES string of the molecule is Cc1cccc(C(C)(C)C(=O)N[C@H]2[C@H]3C[C@H](F)CC4C[C@]432)c1. The molecule has 5 atom stereocenters. The van der Waals surface area contributed by atoms with Crippen molar-refractivity contribution >= 4 is 5.91 Å². The first kappa shape index (κ1) is 14.2. The average molecular weight is 301 g/mol. The van der Waals surface area contributed by atoms with E-state index in [0.717, 1.165) is 12.0 Å². The Hall–Kier alpha value is -1.38. The number of aryl methyl sites for hydroxylation is 1. The van der Waals surface area contributed by atoms with E-state index in [9.17, 15) is 9.18 Å². The molecule has 0 radical (unpaired) electrons. The van der Waals surface area contributed by atoms with E-state index >= 15 is 0 Å². The van der Waals surface area contributed by atoms with Crippen molar-refractivity contribution in [1.82, 2.24) is 5.32 Å². The van der Waals surface area contributed by atoms with Gasteiger partial charge in [-0.2, -0.15) is 0 Å². The molecule has 3 saturated carbocycles. The van der Waals surface area contributed by atoms with Crippen LogP contribution in [0.4, 0.5) is 4.39 Å². The van der Waals surface area contributed by atoms with Crippen LogP contribution in [0.15, 0.2) is 24.3 Å². The molecule has 1 unspecified atom stereocenters. The summed E-state index contributed by atoms with van der Waals surface area (Å²) in [5.74, 6) is 0.986. The lowest BCUT2D eigenvalue weighted by molar-refractivity contribution is -0.126. The zero-order valence-corrected chi connectivity index (χ0v) is 13.5. The quantitative estimate of drug-likeness (QED) is 0.909. The van der Waals surface area contributed by atoms with Crippen molar-refractivity contribution in [1.29, 1.82) is 0 Å². The summed E-state index contributed by atoms with van der Waals surface area (Å²) in [5.41, 5.74) is 1.94. The molecule has 1 aromatic rings. The van der Waals surface area contributed by atoms with Gasteiger partial charge in [0.25, 0.3) is 0 Å². The molecule has 0 heterocycles. The zero-order chi connectivity index (χ0) is 15.7. The Morgan fingerprint density at radius 1 is 1.36 bits per heavy atom. The van der Waals surface area contributed by atoms with Crippen molar-refractivity contribution in [2.24, 2.45) is 17.3 Å². The van der Waals surface area contributed by atoms with Gasteiger partial charge in [-0.3, -0.25) is 4.79 Å². The monoisotopic (exact) mass is 301 g/mol. The van der Waals surface area contributed by atoms with Crippen LogP contribution >= 0.6 is 0 Å². The maximum Gasteiger partial charge on any atom is 0.230 e. The van der Waals surface area contributed by atoms with E-state index in [-0.39, 0.29) is 17.4 Å². The Kier molecular flexibility index (Phi) is 2.80. The molecule has 3 heteroatoms. The molecule has 2 nitrogen and oxygen atoms in total. The van der Waals surface area contributed by atoms with Crippen LogP contribution in [-0.2, 0) is 10.2 Å². The summed E-state index contributed by atoms with van der Waals surface area (Å²) < 4.78 is 13.7. The minimum absolute atomic E-state index is 0.0768. The van der Waals surface area contributed by atoms with Crippen LogP contribution in [0.2, 0.25) is 0 Å². The van der Waals surface area contributed by atoms with Gasteiger partial charge in [0.2, 0.25) is 5.91 Å². The molecule has 3 fully saturated rings. The molecule has 3 aliphatic carbocycles. The maximum atomic E-state index is 13.7. The van der Waals surface area contributed by atoms with Crippen molar-refractivity contribution in [3.05, 3.63) is 35.4 Å². The summed E-state index contributed by atoms with van der Waals surface area (Å²) in [5, 5.41) is 3.25. The van der Waals surface area contributed by atoms with Gasteiger partial charge >= 0.3 is 0 Å². The second-order valence-electron chi connectivity index (χ2n) is 8.13. The Morgan fingerprint density at radius 2 is 2.14 bits per heavy atom. The van der Waals surface area contributed by atoms with Crippen molar-refractivity contribution in [3.8, 4) is 0 Å². The van der Waals surface area contributed by atoms with Crippen LogP contribution in [0, 0.1) is 24.2 Å². The van der Waals surface area contributed by atoms with Gasteiger partial charge in [-0.1, -0.05) is 29.8 Å². The summed E-state index contributed by atoms with van der Waals surface area (Å²) in [6.45, 7) is 5.99. The first-order valence-corrected chi connectivity index (χ1v) is 8.38. The maximum absolute atomic E-state index is 13.7. The van der Waals surface area contributed by atoms with Crippen LogP contribution in [0.5, 0.6) is 0 Å². The topological polar surface area (TPSA) is 29.1 Å². The third-order valence-electron chi connectivity index (χ3n) is 6.41. The van der Waals surface area contributed by atoms with Gasteiger partial charge in [-0.25, -0.2) is 4.39 Å². The number of carbonyl (C=O) groups excluding carboxylic acids is 1. The van der Waals surface area contributed by atoms with Crippen LogP contribution < -0.4 is 5.32 Å². The van der Waals surface area contributed by atoms with E-state index in [1.165, 1.54) is 5.56 Å². The average Bonchev–Trinajstić information content (AvgIpc) is 3.31. The highest BCUT2D eigenvalue weighted by molar-refractivity contribution is 5.88. The lowest BCUT2D eigenvalue weighted by Crippen LogP contribution is -2.42. The molecule has 0 aliphatic heterocycles. The Balaban J connectivity index is 1.49. The van der Waals surface area contributed by atoms with Crippen molar-refractivity contribution < 1.29 is 9.18 Å². The molecule has 1 aromatic carbocycles. The Labute approximate surface area is 131 Å². The van der Waals surface area contributed by atoms with Crippen LogP contribution in [0.3, 0.4) is 0 Å². The number of amides is 1. The summed E-state index contributed by atoms with van der Waals surface area (Å²) in [6.07, 6.45) is 1.82. The second kappa shape index (κ2) is 4.33. The minimum atomic E-state index is -0.655. The fourth-order valence-corrected chi connectivity index (χ4v) is 4.80. The van der Waals surface area contributed by atoms with Crippen LogP contribution in [-0.4, -0.2) is 18.1 Å². The number of hydrogen-bond acceptors (Lipinski definition) is 1. The minimum Gasteiger partial charge on any atom is -0.352 e. The predicted octanol–water partition coefficient (Wildman–Crippen LogP) is 3.53. The fraction of sp³-hybridized carbons (Fsp3) is 0.632. The van der Waals surface area contributed by atoms with E-state index in [1.54, 1.807) is 0 Å². The van der Waals surface area contributed by atoms with E-state index in [4.69, 9.17) is 0 Å². The van der Waals surface area contributed by atoms with Gasteiger partial charge in [-0.05, 0) is 62.8 Å². The van der Waals surface area contributed by atoms with Gasteiger partial charge < -0.3 is 5.32 Å². The van der Waals surface area contributed by atoms with Gasteiger partial charge in [0.15, 0.2) is 0 Å². The third-order valence-corrected chi connectivity index (χ3v) is 6.41. The smallest absolute Gasteiger partial charge is 0.230 e. The largest absolute Gasteiger partial charge is 0.352 e. The molecule has 0 saturated heterocycles. The number of carbonyl (C=O) groups is 1. The lowest BCUT2D eigenvalue weighted by Gasteiger charge is -2.25. The molecule has 0 aromatic heterocycles. The van der Waals surface area contributed by atoms with Crippen molar-refractivity contribution in [2.45, 2.75) is 57.7 Å². The highest BCUT2D eigenvalue weighted by Gasteiger charge is 2.80. The highest BCUT2D eigenvalue weighted by atomic mass is 19.1. The molecule has 22 heavy (non-hydrogen) atoms. The van der Waals surface area contributed by atoms with E-state index in [1.807, 2.05) is 39.0 Å². The molecule has 3 aliphatic rings. The fourth-order valence-electron chi connectivity index (χ4n) is 4.80. The summed E-state index contributed by atoms with van der Waals surface area (Å²) in [6, 6.07) is 8.36. The normalized spacial score (nSPS) is 38.7. The van der Waals surface area contributed by atoms with Crippen molar-refractivity contribution in [2.75, 3.05) is 0 Å². The first-order valence-electron chi connectivity index (χ1n) is 8.38. The first-order chi connectivity index (χ1) is 10.4. The van der Waals surface area contributed by atoms with Crippen molar-refractivity contribution in [3.63, 3.8) is 0 Å². The molecular weight excluding hydrogens is 277 g/mol. The Bertz CT molecular complexity index is 640. The molecule has 1 spiro atoms. The number of nitrogens with one attached hydrogen (secondary N) is 1. The van der Waals surface area contributed by atoms with E-state index < -0.39 is 11.6 Å². The lowest BCUT2D eigenvalue weighted by atomic mass is 9.83.